The monoisotopic (exact) mass is 545 g/mol. The molecule has 0 saturated carbocycles. The molecule has 9 heteroatoms. The molecule has 3 atom stereocenters. The molecule has 5 N–H and O–H groups in total. The Morgan fingerprint density at radius 2 is 1.25 bits per heavy atom. The molecule has 0 aromatic heterocycles. The van der Waals surface area contributed by atoms with Gasteiger partial charge >= 0.3 is 0 Å². The van der Waals surface area contributed by atoms with Crippen molar-refractivity contribution in [3.8, 4) is 11.5 Å². The second-order valence-corrected chi connectivity index (χ2v) is 10.0. The Kier molecular flexibility index (Phi) is 10.8. The van der Waals surface area contributed by atoms with Crippen LogP contribution in [-0.2, 0) is 38.4 Å². The second kappa shape index (κ2) is 14.5. The summed E-state index contributed by atoms with van der Waals surface area (Å²) in [5.41, 5.74) is 2.24. The van der Waals surface area contributed by atoms with Gasteiger partial charge in [0.15, 0.2) is 0 Å². The number of carbonyl (C=O) groups excluding carboxylic acids is 4. The van der Waals surface area contributed by atoms with Crippen molar-refractivity contribution in [2.75, 3.05) is 0 Å². The molecule has 0 spiro atoms. The molecule has 0 aliphatic carbocycles. The van der Waals surface area contributed by atoms with E-state index < -0.39 is 29.9 Å². The first-order valence-corrected chi connectivity index (χ1v) is 13.1. The number of aromatic hydroxyl groups is 2. The quantitative estimate of drug-likeness (QED) is 0.209. The van der Waals surface area contributed by atoms with Crippen molar-refractivity contribution < 1.29 is 29.4 Å². The van der Waals surface area contributed by atoms with E-state index in [1.807, 2.05) is 30.3 Å². The maximum Gasteiger partial charge on any atom is 0.243 e. The third-order valence-electron chi connectivity index (χ3n) is 6.37. The molecule has 1 unspecified atom stereocenters. The number of benzene rings is 3. The van der Waals surface area contributed by atoms with Gasteiger partial charge in [0.2, 0.25) is 17.7 Å². The van der Waals surface area contributed by atoms with Crippen molar-refractivity contribution >= 4 is 24.0 Å². The third-order valence-corrected chi connectivity index (χ3v) is 6.37. The van der Waals surface area contributed by atoms with E-state index in [0.717, 1.165) is 11.1 Å². The summed E-state index contributed by atoms with van der Waals surface area (Å²) in [6.45, 7) is 3.53. The summed E-state index contributed by atoms with van der Waals surface area (Å²) in [6, 6.07) is 18.9. The van der Waals surface area contributed by atoms with Crippen LogP contribution >= 0.6 is 0 Å². The van der Waals surface area contributed by atoms with E-state index in [4.69, 9.17) is 0 Å². The van der Waals surface area contributed by atoms with Crippen LogP contribution in [0.3, 0.4) is 0 Å². The average Bonchev–Trinajstić information content (AvgIpc) is 2.93. The number of phenols is 2. The van der Waals surface area contributed by atoms with Crippen molar-refractivity contribution in [3.63, 3.8) is 0 Å². The molecule has 0 aliphatic heterocycles. The number of nitrogens with one attached hydrogen (secondary N) is 3. The third kappa shape index (κ3) is 9.27. The van der Waals surface area contributed by atoms with E-state index in [-0.39, 0.29) is 42.6 Å². The molecular weight excluding hydrogens is 510 g/mol. The van der Waals surface area contributed by atoms with Crippen molar-refractivity contribution in [2.24, 2.45) is 5.92 Å². The highest BCUT2D eigenvalue weighted by atomic mass is 16.3. The highest BCUT2D eigenvalue weighted by molar-refractivity contribution is 5.93. The van der Waals surface area contributed by atoms with Gasteiger partial charge < -0.3 is 31.0 Å². The van der Waals surface area contributed by atoms with E-state index in [2.05, 4.69) is 16.0 Å². The zero-order valence-electron chi connectivity index (χ0n) is 22.5. The van der Waals surface area contributed by atoms with Crippen LogP contribution in [0, 0.1) is 5.92 Å². The van der Waals surface area contributed by atoms with Gasteiger partial charge in [-0.3, -0.25) is 14.4 Å². The summed E-state index contributed by atoms with van der Waals surface area (Å²) in [5, 5.41) is 27.3. The van der Waals surface area contributed by atoms with Gasteiger partial charge in [0.25, 0.3) is 0 Å². The summed E-state index contributed by atoms with van der Waals surface area (Å²) in [6.07, 6.45) is 1.05. The highest BCUT2D eigenvalue weighted by Gasteiger charge is 2.30. The van der Waals surface area contributed by atoms with Crippen molar-refractivity contribution in [1.82, 2.24) is 16.0 Å². The van der Waals surface area contributed by atoms with E-state index in [1.54, 1.807) is 38.1 Å². The average molecular weight is 546 g/mol. The molecule has 0 fully saturated rings. The van der Waals surface area contributed by atoms with Gasteiger partial charge in [-0.15, -0.1) is 0 Å². The lowest BCUT2D eigenvalue weighted by Gasteiger charge is -2.26. The Morgan fingerprint density at radius 3 is 1.77 bits per heavy atom. The van der Waals surface area contributed by atoms with E-state index in [9.17, 15) is 29.4 Å². The summed E-state index contributed by atoms with van der Waals surface area (Å²) in [4.78, 5) is 51.2. The summed E-state index contributed by atoms with van der Waals surface area (Å²) >= 11 is 0. The molecule has 3 aromatic rings. The zero-order chi connectivity index (χ0) is 29.1. The van der Waals surface area contributed by atoms with Crippen LogP contribution in [0.1, 0.15) is 30.5 Å². The molecule has 210 valence electrons. The largest absolute Gasteiger partial charge is 0.508 e. The molecule has 3 aromatic carbocycles. The van der Waals surface area contributed by atoms with Crippen LogP contribution in [0.25, 0.3) is 0 Å². The Bertz CT molecular complexity index is 1280. The van der Waals surface area contributed by atoms with Crippen molar-refractivity contribution in [2.45, 2.75) is 51.2 Å². The Hall–Kier alpha value is -4.66. The Balaban J connectivity index is 1.72. The second-order valence-electron chi connectivity index (χ2n) is 10.0. The lowest BCUT2D eigenvalue weighted by Crippen LogP contribution is -2.57. The van der Waals surface area contributed by atoms with Gasteiger partial charge in [-0.1, -0.05) is 68.4 Å². The lowest BCUT2D eigenvalue weighted by molar-refractivity contribution is -0.133. The number of rotatable bonds is 13. The number of aldehydes is 1. The van der Waals surface area contributed by atoms with E-state index in [0.29, 0.717) is 11.8 Å². The van der Waals surface area contributed by atoms with E-state index >= 15 is 0 Å². The minimum Gasteiger partial charge on any atom is -0.508 e. The highest BCUT2D eigenvalue weighted by Crippen LogP contribution is 2.14. The van der Waals surface area contributed by atoms with Gasteiger partial charge in [0.05, 0.1) is 12.5 Å². The number of amides is 3. The molecule has 40 heavy (non-hydrogen) atoms. The summed E-state index contributed by atoms with van der Waals surface area (Å²) in [7, 11) is 0. The summed E-state index contributed by atoms with van der Waals surface area (Å²) in [5.74, 6) is -1.59. The smallest absolute Gasteiger partial charge is 0.243 e. The molecule has 0 bridgehead atoms. The maximum absolute atomic E-state index is 13.5. The number of hydrogen-bond acceptors (Lipinski definition) is 6. The van der Waals surface area contributed by atoms with E-state index in [1.165, 1.54) is 24.3 Å². The first kappa shape index (κ1) is 29.9. The van der Waals surface area contributed by atoms with Crippen LogP contribution in [0.5, 0.6) is 11.5 Å². The minimum absolute atomic E-state index is 0.0754. The summed E-state index contributed by atoms with van der Waals surface area (Å²) < 4.78 is 0. The van der Waals surface area contributed by atoms with Crippen LogP contribution in [0.4, 0.5) is 0 Å². The van der Waals surface area contributed by atoms with Crippen molar-refractivity contribution in [1.29, 1.82) is 0 Å². The number of hydrogen-bond donors (Lipinski definition) is 5. The SMILES string of the molecule is CC(C)[C@H](NC(=O)[C@H](Cc1ccc(O)cc1)NC(=O)Cc1ccccc1)C(=O)NC(C=O)Cc1ccc(O)cc1. The molecule has 0 radical (unpaired) electrons. The van der Waals surface area contributed by atoms with Gasteiger partial charge in [-0.05, 0) is 53.3 Å². The fourth-order valence-corrected chi connectivity index (χ4v) is 4.18. The molecule has 0 heterocycles. The predicted molar refractivity (Wildman–Crippen MR) is 150 cm³/mol. The zero-order valence-corrected chi connectivity index (χ0v) is 22.5. The molecule has 0 saturated heterocycles. The lowest BCUT2D eigenvalue weighted by atomic mass is 9.99. The molecule has 9 nitrogen and oxygen atoms in total. The molecule has 3 amide bonds. The van der Waals surface area contributed by atoms with Gasteiger partial charge in [-0.25, -0.2) is 0 Å². The molecule has 3 rings (SSSR count). The van der Waals surface area contributed by atoms with Crippen LogP contribution < -0.4 is 16.0 Å². The number of carbonyl (C=O) groups is 4. The van der Waals surface area contributed by atoms with Gasteiger partial charge in [0, 0.05) is 6.42 Å². The van der Waals surface area contributed by atoms with Crippen LogP contribution in [-0.4, -0.2) is 52.3 Å². The first-order valence-electron chi connectivity index (χ1n) is 13.1. The normalized spacial score (nSPS) is 13.1. The number of phenolic OH excluding ortho intramolecular Hbond substituents is 2. The first-order chi connectivity index (χ1) is 19.1. The Labute approximate surface area is 233 Å². The molecule has 0 aliphatic rings. The minimum atomic E-state index is -0.992. The van der Waals surface area contributed by atoms with Gasteiger partial charge in [-0.2, -0.15) is 0 Å². The maximum atomic E-state index is 13.5. The van der Waals surface area contributed by atoms with Crippen LogP contribution in [0.15, 0.2) is 78.9 Å². The van der Waals surface area contributed by atoms with Gasteiger partial charge in [0.1, 0.15) is 29.9 Å². The van der Waals surface area contributed by atoms with Crippen molar-refractivity contribution in [3.05, 3.63) is 95.6 Å². The fraction of sp³-hybridized carbons (Fsp3) is 0.290. The standard InChI is InChI=1S/C31H35N3O6/c1-20(2)29(31(40)32-24(19-35)16-22-8-12-25(36)13-9-22)34-30(39)27(17-23-10-14-26(37)15-11-23)33-28(38)18-21-6-4-3-5-7-21/h3-15,19-20,24,27,29,36-37H,16-18H2,1-2H3,(H,32,40)(H,33,38)(H,34,39)/t24?,27-,29-/m0/s1. The Morgan fingerprint density at radius 1 is 0.700 bits per heavy atom. The predicted octanol–water partition coefficient (Wildman–Crippen LogP) is 2.43. The molecular formula is C31H35N3O6. The topological polar surface area (TPSA) is 145 Å². The van der Waals surface area contributed by atoms with Crippen LogP contribution in [0.2, 0.25) is 0 Å². The fourth-order valence-electron chi connectivity index (χ4n) is 4.18.